The van der Waals surface area contributed by atoms with Crippen molar-refractivity contribution in [2.75, 3.05) is 13.1 Å². The van der Waals surface area contributed by atoms with Crippen LogP contribution >= 0.6 is 11.6 Å². The van der Waals surface area contributed by atoms with Crippen molar-refractivity contribution in [2.45, 2.75) is 25.7 Å². The molecule has 1 unspecified atom stereocenters. The molecular formula is C9H13ClN2O. The molecule has 1 N–H and O–H groups in total. The van der Waals surface area contributed by atoms with Crippen LogP contribution in [0, 0.1) is 6.92 Å². The Morgan fingerprint density at radius 3 is 3.00 bits per heavy atom. The maximum absolute atomic E-state index is 5.69. The lowest BCUT2D eigenvalue weighted by Crippen LogP contribution is -2.28. The van der Waals surface area contributed by atoms with Crippen molar-refractivity contribution in [2.24, 2.45) is 0 Å². The molecule has 0 bridgehead atoms. The van der Waals surface area contributed by atoms with E-state index in [-0.39, 0.29) is 5.35 Å². The second kappa shape index (κ2) is 3.68. The van der Waals surface area contributed by atoms with Crippen LogP contribution in [0.1, 0.15) is 30.2 Å². The molecular weight excluding hydrogens is 188 g/mol. The maximum atomic E-state index is 5.69. The van der Waals surface area contributed by atoms with Gasteiger partial charge in [-0.05, 0) is 37.9 Å². The SMILES string of the molecule is Cc1nc(Cl)oc1C1CCCNC1. The molecule has 1 aliphatic rings. The Labute approximate surface area is 82.5 Å². The van der Waals surface area contributed by atoms with Crippen LogP contribution in [0.15, 0.2) is 4.42 Å². The average molecular weight is 201 g/mol. The third-order valence-corrected chi connectivity index (χ3v) is 2.64. The van der Waals surface area contributed by atoms with Crippen LogP contribution in [0.3, 0.4) is 0 Å². The Balaban J connectivity index is 2.18. The van der Waals surface area contributed by atoms with Gasteiger partial charge in [0.25, 0.3) is 5.35 Å². The zero-order chi connectivity index (χ0) is 9.26. The fraction of sp³-hybridized carbons (Fsp3) is 0.667. The molecule has 13 heavy (non-hydrogen) atoms. The molecule has 4 heteroatoms. The summed E-state index contributed by atoms with van der Waals surface area (Å²) in [5, 5.41) is 3.60. The van der Waals surface area contributed by atoms with E-state index in [1.54, 1.807) is 0 Å². The van der Waals surface area contributed by atoms with Crippen LogP contribution < -0.4 is 5.32 Å². The number of oxazole rings is 1. The fourth-order valence-electron chi connectivity index (χ4n) is 1.83. The number of nitrogens with one attached hydrogen (secondary N) is 1. The molecule has 0 saturated carbocycles. The van der Waals surface area contributed by atoms with E-state index in [1.807, 2.05) is 6.92 Å². The van der Waals surface area contributed by atoms with E-state index in [9.17, 15) is 0 Å². The van der Waals surface area contributed by atoms with Crippen molar-refractivity contribution in [3.8, 4) is 0 Å². The fourth-order valence-corrected chi connectivity index (χ4v) is 2.04. The highest BCUT2D eigenvalue weighted by Gasteiger charge is 2.21. The van der Waals surface area contributed by atoms with Crippen LogP contribution in [-0.4, -0.2) is 18.1 Å². The number of hydrogen-bond donors (Lipinski definition) is 1. The van der Waals surface area contributed by atoms with E-state index in [1.165, 1.54) is 12.8 Å². The molecule has 1 atom stereocenters. The van der Waals surface area contributed by atoms with Gasteiger partial charge in [0.2, 0.25) is 0 Å². The van der Waals surface area contributed by atoms with Crippen LogP contribution in [-0.2, 0) is 0 Å². The zero-order valence-electron chi connectivity index (χ0n) is 7.64. The van der Waals surface area contributed by atoms with Crippen molar-refractivity contribution >= 4 is 11.6 Å². The lowest BCUT2D eigenvalue weighted by atomic mass is 9.96. The number of piperidine rings is 1. The standard InChI is InChI=1S/C9H13ClN2O/c1-6-8(13-9(10)12-6)7-3-2-4-11-5-7/h7,11H,2-5H2,1H3. The van der Waals surface area contributed by atoms with Gasteiger partial charge in [0.1, 0.15) is 5.76 Å². The second-order valence-electron chi connectivity index (χ2n) is 3.46. The highest BCUT2D eigenvalue weighted by molar-refractivity contribution is 6.27. The molecule has 72 valence electrons. The molecule has 1 fully saturated rings. The minimum absolute atomic E-state index is 0.262. The van der Waals surface area contributed by atoms with Crippen LogP contribution in [0.25, 0.3) is 0 Å². The molecule has 1 aliphatic heterocycles. The lowest BCUT2D eigenvalue weighted by molar-refractivity contribution is 0.386. The Morgan fingerprint density at radius 2 is 2.46 bits per heavy atom. The minimum atomic E-state index is 0.262. The van der Waals surface area contributed by atoms with Crippen molar-refractivity contribution < 1.29 is 4.42 Å². The molecule has 0 radical (unpaired) electrons. The summed E-state index contributed by atoms with van der Waals surface area (Å²) in [5.74, 6) is 1.41. The highest BCUT2D eigenvalue weighted by atomic mass is 35.5. The molecule has 0 spiro atoms. The van der Waals surface area contributed by atoms with Gasteiger partial charge in [-0.25, -0.2) is 4.98 Å². The van der Waals surface area contributed by atoms with Gasteiger partial charge in [-0.1, -0.05) is 0 Å². The Bertz CT molecular complexity index is 292. The van der Waals surface area contributed by atoms with Gasteiger partial charge in [-0.2, -0.15) is 0 Å². The molecule has 1 aromatic rings. The van der Waals surface area contributed by atoms with E-state index >= 15 is 0 Å². The predicted octanol–water partition coefficient (Wildman–Crippen LogP) is 2.10. The monoisotopic (exact) mass is 200 g/mol. The third kappa shape index (κ3) is 1.86. The smallest absolute Gasteiger partial charge is 0.292 e. The molecule has 0 amide bonds. The van der Waals surface area contributed by atoms with Gasteiger partial charge < -0.3 is 9.73 Å². The predicted molar refractivity (Wildman–Crippen MR) is 51.1 cm³/mol. The molecule has 1 saturated heterocycles. The van der Waals surface area contributed by atoms with E-state index < -0.39 is 0 Å². The van der Waals surface area contributed by atoms with Gasteiger partial charge in [-0.3, -0.25) is 0 Å². The molecule has 2 heterocycles. The lowest BCUT2D eigenvalue weighted by Gasteiger charge is -2.20. The van der Waals surface area contributed by atoms with E-state index in [0.717, 1.165) is 24.5 Å². The van der Waals surface area contributed by atoms with Crippen LogP contribution in [0.4, 0.5) is 0 Å². The highest BCUT2D eigenvalue weighted by Crippen LogP contribution is 2.27. The summed E-state index contributed by atoms with van der Waals surface area (Å²) in [6, 6.07) is 0. The van der Waals surface area contributed by atoms with Crippen molar-refractivity contribution in [3.05, 3.63) is 16.8 Å². The molecule has 3 nitrogen and oxygen atoms in total. The van der Waals surface area contributed by atoms with Crippen LogP contribution in [0.5, 0.6) is 0 Å². The normalized spacial score (nSPS) is 23.4. The summed E-state index contributed by atoms with van der Waals surface area (Å²) in [6.45, 7) is 4.03. The van der Waals surface area contributed by atoms with Gasteiger partial charge in [0, 0.05) is 12.5 Å². The number of hydrogen-bond acceptors (Lipinski definition) is 3. The van der Waals surface area contributed by atoms with E-state index in [2.05, 4.69) is 10.3 Å². The van der Waals surface area contributed by atoms with Gasteiger partial charge in [0.05, 0.1) is 5.69 Å². The van der Waals surface area contributed by atoms with Crippen molar-refractivity contribution in [1.29, 1.82) is 0 Å². The van der Waals surface area contributed by atoms with Gasteiger partial charge in [0.15, 0.2) is 0 Å². The number of aryl methyl sites for hydroxylation is 1. The molecule has 0 aliphatic carbocycles. The minimum Gasteiger partial charge on any atom is -0.432 e. The first kappa shape index (κ1) is 9.03. The molecule has 0 aromatic carbocycles. The van der Waals surface area contributed by atoms with E-state index in [0.29, 0.717) is 5.92 Å². The summed E-state index contributed by atoms with van der Waals surface area (Å²) in [5.41, 5.74) is 0.929. The van der Waals surface area contributed by atoms with Crippen molar-refractivity contribution in [1.82, 2.24) is 10.3 Å². The number of aromatic nitrogens is 1. The average Bonchev–Trinajstić information content (AvgIpc) is 2.47. The number of halogens is 1. The van der Waals surface area contributed by atoms with Gasteiger partial charge in [-0.15, -0.1) is 0 Å². The first-order chi connectivity index (χ1) is 6.27. The van der Waals surface area contributed by atoms with E-state index in [4.69, 9.17) is 16.0 Å². The Hall–Kier alpha value is -0.540. The maximum Gasteiger partial charge on any atom is 0.292 e. The molecule has 1 aromatic heterocycles. The topological polar surface area (TPSA) is 38.1 Å². The Kier molecular flexibility index (Phi) is 2.56. The van der Waals surface area contributed by atoms with Crippen molar-refractivity contribution in [3.63, 3.8) is 0 Å². The first-order valence-corrected chi connectivity index (χ1v) is 4.98. The number of rotatable bonds is 1. The summed E-state index contributed by atoms with van der Waals surface area (Å²) in [6.07, 6.45) is 2.36. The summed E-state index contributed by atoms with van der Waals surface area (Å²) >= 11 is 5.69. The van der Waals surface area contributed by atoms with Gasteiger partial charge >= 0.3 is 0 Å². The summed E-state index contributed by atoms with van der Waals surface area (Å²) < 4.78 is 5.37. The molecule has 2 rings (SSSR count). The quantitative estimate of drug-likeness (QED) is 0.755. The zero-order valence-corrected chi connectivity index (χ0v) is 8.40. The largest absolute Gasteiger partial charge is 0.432 e. The van der Waals surface area contributed by atoms with Crippen LogP contribution in [0.2, 0.25) is 5.35 Å². The summed E-state index contributed by atoms with van der Waals surface area (Å²) in [7, 11) is 0. The Morgan fingerprint density at radius 1 is 1.62 bits per heavy atom. The third-order valence-electron chi connectivity index (χ3n) is 2.47. The first-order valence-electron chi connectivity index (χ1n) is 4.61. The second-order valence-corrected chi connectivity index (χ2v) is 3.78. The summed E-state index contributed by atoms with van der Waals surface area (Å²) in [4.78, 5) is 4.06. The number of nitrogens with zero attached hydrogens (tertiary/aromatic N) is 1.